The van der Waals surface area contributed by atoms with Crippen LogP contribution in [0.1, 0.15) is 29.2 Å². The van der Waals surface area contributed by atoms with Crippen LogP contribution in [-0.4, -0.2) is 41.2 Å². The number of amides is 1. The lowest BCUT2D eigenvalue weighted by Gasteiger charge is -2.24. The number of methoxy groups -OCH3 is 2. The first kappa shape index (κ1) is 29.0. The van der Waals surface area contributed by atoms with E-state index < -0.39 is 0 Å². The molecular weight excluding hydrogens is 629 g/mol. The van der Waals surface area contributed by atoms with Crippen molar-refractivity contribution in [3.05, 3.63) is 124 Å². The van der Waals surface area contributed by atoms with Gasteiger partial charge in [-0.25, -0.2) is 9.40 Å². The smallest absolute Gasteiger partial charge is 0.253 e. The lowest BCUT2D eigenvalue weighted by Crippen LogP contribution is -2.28. The predicted octanol–water partition coefficient (Wildman–Crippen LogP) is 8.08. The van der Waals surface area contributed by atoms with Gasteiger partial charge in [-0.1, -0.05) is 70.5 Å². The van der Waals surface area contributed by atoms with Gasteiger partial charge >= 0.3 is 0 Å². The highest BCUT2D eigenvalue weighted by molar-refractivity contribution is 9.10. The second-order valence-corrected chi connectivity index (χ2v) is 12.1. The molecule has 0 N–H and O–H groups in total. The Morgan fingerprint density at radius 3 is 2.49 bits per heavy atom. The highest BCUT2D eigenvalue weighted by Gasteiger charge is 2.35. The monoisotopic (exact) mass is 657 g/mol. The first-order valence-corrected chi connectivity index (χ1v) is 15.5. The molecule has 0 radical (unpaired) electrons. The first-order valence-electron chi connectivity index (χ1n) is 13.8. The van der Waals surface area contributed by atoms with Crippen LogP contribution < -0.4 is 9.47 Å². The van der Waals surface area contributed by atoms with Gasteiger partial charge in [0.2, 0.25) is 0 Å². The minimum absolute atomic E-state index is 0.109. The van der Waals surface area contributed by atoms with E-state index in [4.69, 9.17) is 14.6 Å². The van der Waals surface area contributed by atoms with Crippen LogP contribution in [0.15, 0.2) is 112 Å². The number of hydrogen-bond donors (Lipinski definition) is 0. The Balaban J connectivity index is 1.29. The number of carbonyl (C=O) groups excluding carboxylic acids is 1. The normalized spacial score (nSPS) is 14.7. The van der Waals surface area contributed by atoms with E-state index in [1.165, 1.54) is 23.9 Å². The lowest BCUT2D eigenvalue weighted by molar-refractivity contribution is -0.130. The van der Waals surface area contributed by atoms with Crippen LogP contribution >= 0.6 is 27.7 Å². The van der Waals surface area contributed by atoms with Crippen LogP contribution in [0.2, 0.25) is 0 Å². The quantitative estimate of drug-likeness (QED) is 0.150. The fourth-order valence-corrected chi connectivity index (χ4v) is 6.63. The summed E-state index contributed by atoms with van der Waals surface area (Å²) in [7, 11) is 3.21. The largest absolute Gasteiger partial charge is 0.493 e. The summed E-state index contributed by atoms with van der Waals surface area (Å²) >= 11 is 4.99. The molecule has 0 bridgehead atoms. The number of fused-ring (bicyclic) bond motifs is 1. The number of hydrogen-bond acceptors (Lipinski definition) is 5. The summed E-state index contributed by atoms with van der Waals surface area (Å²) in [5.74, 6) is 1.03. The molecule has 218 valence electrons. The molecule has 0 saturated heterocycles. The fraction of sp³-hybridized carbons (Fsp3) is 0.176. The van der Waals surface area contributed by atoms with Crippen molar-refractivity contribution in [1.82, 2.24) is 9.58 Å². The Morgan fingerprint density at radius 2 is 1.74 bits per heavy atom. The summed E-state index contributed by atoms with van der Waals surface area (Å²) in [6.07, 6.45) is 2.60. The first-order chi connectivity index (χ1) is 20.9. The topological polar surface area (TPSA) is 56.1 Å². The zero-order chi connectivity index (χ0) is 29.9. The van der Waals surface area contributed by atoms with Gasteiger partial charge in [-0.3, -0.25) is 4.79 Å². The lowest BCUT2D eigenvalue weighted by atomic mass is 9.97. The van der Waals surface area contributed by atoms with Crippen molar-refractivity contribution < 1.29 is 18.7 Å². The average Bonchev–Trinajstić information content (AvgIpc) is 3.63. The highest BCUT2D eigenvalue weighted by Crippen LogP contribution is 2.42. The molecule has 6 rings (SSSR count). The maximum absolute atomic E-state index is 13.9. The second-order valence-electron chi connectivity index (χ2n) is 10.1. The molecule has 43 heavy (non-hydrogen) atoms. The minimum Gasteiger partial charge on any atom is -0.493 e. The SMILES string of the molecule is COc1cccc(C2CC(c3ccc(Br)cc3)=NN2C(=O)CSc2cn(Cc3ccc(F)cc3)c3ccccc23)c1OC. The highest BCUT2D eigenvalue weighted by atomic mass is 79.9. The number of aromatic nitrogens is 1. The van der Waals surface area contributed by atoms with E-state index in [2.05, 4.69) is 38.8 Å². The Kier molecular flexibility index (Phi) is 8.54. The van der Waals surface area contributed by atoms with Crippen LogP contribution in [0.3, 0.4) is 0 Å². The van der Waals surface area contributed by atoms with E-state index in [0.29, 0.717) is 24.5 Å². The van der Waals surface area contributed by atoms with Crippen molar-refractivity contribution in [2.24, 2.45) is 5.10 Å². The third-order valence-electron chi connectivity index (χ3n) is 7.51. The fourth-order valence-electron chi connectivity index (χ4n) is 5.42. The van der Waals surface area contributed by atoms with E-state index in [1.807, 2.05) is 54.6 Å². The van der Waals surface area contributed by atoms with Crippen molar-refractivity contribution in [2.75, 3.05) is 20.0 Å². The van der Waals surface area contributed by atoms with E-state index in [-0.39, 0.29) is 23.5 Å². The summed E-state index contributed by atoms with van der Waals surface area (Å²) in [4.78, 5) is 14.9. The maximum atomic E-state index is 13.9. The van der Waals surface area contributed by atoms with E-state index in [0.717, 1.165) is 42.7 Å². The Hall–Kier alpha value is -4.08. The van der Waals surface area contributed by atoms with E-state index >= 15 is 0 Å². The van der Waals surface area contributed by atoms with Crippen molar-refractivity contribution in [1.29, 1.82) is 0 Å². The number of benzene rings is 4. The number of hydrazone groups is 1. The standard InChI is InChI=1S/C34H29BrFN3O3S/c1-41-31-9-5-7-27(34(31)42-2)30-18-28(23-12-14-24(35)15-13-23)37-39(30)33(40)21-43-32-20-38(29-8-4-3-6-26(29)32)19-22-10-16-25(36)17-11-22/h3-17,20,30H,18-19,21H2,1-2H3. The van der Waals surface area contributed by atoms with E-state index in [1.54, 1.807) is 31.4 Å². The molecular formula is C34H29BrFN3O3S. The number of halogens is 2. The minimum atomic E-state index is -0.350. The maximum Gasteiger partial charge on any atom is 0.253 e. The van der Waals surface area contributed by atoms with Crippen LogP contribution in [0.4, 0.5) is 4.39 Å². The summed E-state index contributed by atoms with van der Waals surface area (Å²) in [6, 6.07) is 28.0. The molecule has 1 aromatic heterocycles. The van der Waals surface area contributed by atoms with Gasteiger partial charge in [0.05, 0.1) is 31.7 Å². The summed E-state index contributed by atoms with van der Waals surface area (Å²) < 4.78 is 27.9. The van der Waals surface area contributed by atoms with Crippen LogP contribution in [-0.2, 0) is 11.3 Å². The molecule has 1 atom stereocenters. The molecule has 0 saturated carbocycles. The molecule has 1 aliphatic heterocycles. The Labute approximate surface area is 262 Å². The number of thioether (sulfide) groups is 1. The van der Waals surface area contributed by atoms with Crippen molar-refractivity contribution in [3.8, 4) is 11.5 Å². The molecule has 0 aliphatic carbocycles. The van der Waals surface area contributed by atoms with Crippen LogP contribution in [0, 0.1) is 5.82 Å². The van der Waals surface area contributed by atoms with Crippen molar-refractivity contribution in [2.45, 2.75) is 23.9 Å². The van der Waals surface area contributed by atoms with Gasteiger partial charge in [0.25, 0.3) is 5.91 Å². The molecule has 1 amide bonds. The van der Waals surface area contributed by atoms with Gasteiger partial charge in [0.1, 0.15) is 5.82 Å². The van der Waals surface area contributed by atoms with Gasteiger partial charge in [-0.05, 0) is 47.5 Å². The third kappa shape index (κ3) is 6.05. The average molecular weight is 659 g/mol. The number of para-hydroxylation sites is 2. The van der Waals surface area contributed by atoms with Crippen LogP contribution in [0.25, 0.3) is 10.9 Å². The third-order valence-corrected chi connectivity index (χ3v) is 9.06. The Morgan fingerprint density at radius 1 is 0.977 bits per heavy atom. The molecule has 0 fully saturated rings. The number of carbonyl (C=O) groups is 1. The van der Waals surface area contributed by atoms with Crippen molar-refractivity contribution >= 4 is 50.2 Å². The summed E-state index contributed by atoms with van der Waals surface area (Å²) in [5.41, 5.74) is 4.68. The molecule has 1 aliphatic rings. The number of nitrogens with zero attached hydrogens (tertiary/aromatic N) is 3. The molecule has 9 heteroatoms. The zero-order valence-corrected chi connectivity index (χ0v) is 26.1. The molecule has 5 aromatic rings. The molecule has 0 spiro atoms. The van der Waals surface area contributed by atoms with E-state index in [9.17, 15) is 9.18 Å². The molecule has 4 aromatic carbocycles. The zero-order valence-electron chi connectivity index (χ0n) is 23.7. The number of rotatable bonds is 9. The number of ether oxygens (including phenoxy) is 2. The molecule has 6 nitrogen and oxygen atoms in total. The van der Waals surface area contributed by atoms with Gasteiger partial charge in [0.15, 0.2) is 11.5 Å². The van der Waals surface area contributed by atoms with Gasteiger partial charge in [-0.15, -0.1) is 11.8 Å². The Bertz CT molecular complexity index is 1800. The second kappa shape index (κ2) is 12.7. The summed E-state index contributed by atoms with van der Waals surface area (Å²) in [5, 5.41) is 7.52. The summed E-state index contributed by atoms with van der Waals surface area (Å²) in [6.45, 7) is 0.597. The molecule has 1 unspecified atom stereocenters. The van der Waals surface area contributed by atoms with Gasteiger partial charge < -0.3 is 14.0 Å². The van der Waals surface area contributed by atoms with Crippen LogP contribution in [0.5, 0.6) is 11.5 Å². The van der Waals surface area contributed by atoms with Gasteiger partial charge in [0, 0.05) is 45.0 Å². The molecule has 2 heterocycles. The van der Waals surface area contributed by atoms with Gasteiger partial charge in [-0.2, -0.15) is 5.10 Å². The van der Waals surface area contributed by atoms with Crippen molar-refractivity contribution in [3.63, 3.8) is 0 Å². The predicted molar refractivity (Wildman–Crippen MR) is 173 cm³/mol.